The summed E-state index contributed by atoms with van der Waals surface area (Å²) in [6.45, 7) is 0. The summed E-state index contributed by atoms with van der Waals surface area (Å²) in [6.07, 6.45) is 0. The van der Waals surface area contributed by atoms with E-state index in [4.69, 9.17) is 17.3 Å². The van der Waals surface area contributed by atoms with E-state index in [0.717, 1.165) is 10.2 Å². The van der Waals surface area contributed by atoms with Crippen molar-refractivity contribution in [2.45, 2.75) is 0 Å². The fraction of sp³-hybridized carbons (Fsp3) is 0. The zero-order chi connectivity index (χ0) is 7.84. The summed E-state index contributed by atoms with van der Waals surface area (Å²) >= 11 is 7.22. The van der Waals surface area contributed by atoms with Gasteiger partial charge in [-0.05, 0) is 18.2 Å². The van der Waals surface area contributed by atoms with Crippen LogP contribution in [0.2, 0.25) is 5.02 Å². The van der Waals surface area contributed by atoms with Crippen molar-refractivity contribution in [1.82, 2.24) is 4.98 Å². The Kier molecular flexibility index (Phi) is 1.47. The van der Waals surface area contributed by atoms with E-state index in [9.17, 15) is 0 Å². The molecule has 0 aliphatic carbocycles. The number of benzene rings is 1. The molecule has 56 valence electrons. The lowest BCUT2D eigenvalue weighted by Gasteiger charge is -1.86. The van der Waals surface area contributed by atoms with Gasteiger partial charge < -0.3 is 5.73 Å². The SMILES string of the molecule is Nc1nc2cc(Cl)ccc2s1. The molecular formula is C7H5ClN2S. The Balaban J connectivity index is 2.82. The molecule has 0 aliphatic heterocycles. The molecule has 0 atom stereocenters. The van der Waals surface area contributed by atoms with E-state index in [1.807, 2.05) is 18.2 Å². The Bertz CT molecular complexity index is 396. The number of aromatic nitrogens is 1. The molecule has 1 heterocycles. The van der Waals surface area contributed by atoms with Gasteiger partial charge >= 0.3 is 0 Å². The van der Waals surface area contributed by atoms with E-state index in [1.54, 1.807) is 0 Å². The number of rotatable bonds is 0. The lowest BCUT2D eigenvalue weighted by atomic mass is 10.3. The molecule has 2 rings (SSSR count). The van der Waals surface area contributed by atoms with Gasteiger partial charge in [0, 0.05) is 5.02 Å². The first-order valence-electron chi connectivity index (χ1n) is 3.07. The molecule has 0 amide bonds. The highest BCUT2D eigenvalue weighted by Crippen LogP contribution is 2.25. The fourth-order valence-corrected chi connectivity index (χ4v) is 1.80. The summed E-state index contributed by atoms with van der Waals surface area (Å²) in [7, 11) is 0. The van der Waals surface area contributed by atoms with E-state index in [2.05, 4.69) is 4.98 Å². The highest BCUT2D eigenvalue weighted by Gasteiger charge is 1.99. The quantitative estimate of drug-likeness (QED) is 0.684. The van der Waals surface area contributed by atoms with Crippen molar-refractivity contribution in [1.29, 1.82) is 0 Å². The van der Waals surface area contributed by atoms with Crippen molar-refractivity contribution in [3.05, 3.63) is 23.2 Å². The molecule has 1 aromatic heterocycles. The van der Waals surface area contributed by atoms with Gasteiger partial charge in [-0.15, -0.1) is 0 Å². The molecule has 0 bridgehead atoms. The van der Waals surface area contributed by atoms with Gasteiger partial charge in [0.25, 0.3) is 0 Å². The molecule has 0 fully saturated rings. The van der Waals surface area contributed by atoms with E-state index < -0.39 is 0 Å². The third kappa shape index (κ3) is 1.17. The van der Waals surface area contributed by atoms with Crippen molar-refractivity contribution in [2.24, 2.45) is 0 Å². The molecule has 0 unspecified atom stereocenters. The standard InChI is InChI=1S/C7H5ClN2S/c8-4-1-2-6-5(3-4)10-7(9)11-6/h1-3H,(H2,9,10). The topological polar surface area (TPSA) is 38.9 Å². The first-order chi connectivity index (χ1) is 5.25. The van der Waals surface area contributed by atoms with Crippen molar-refractivity contribution in [3.8, 4) is 0 Å². The number of hydrogen-bond donors (Lipinski definition) is 1. The molecule has 2 aromatic rings. The first-order valence-corrected chi connectivity index (χ1v) is 4.27. The average molecular weight is 185 g/mol. The highest BCUT2D eigenvalue weighted by atomic mass is 35.5. The summed E-state index contributed by atoms with van der Waals surface area (Å²) in [5.74, 6) is 0. The summed E-state index contributed by atoms with van der Waals surface area (Å²) in [5, 5.41) is 1.28. The van der Waals surface area contributed by atoms with Crippen LogP contribution in [0.5, 0.6) is 0 Å². The van der Waals surface area contributed by atoms with Crippen molar-refractivity contribution < 1.29 is 0 Å². The third-order valence-corrected chi connectivity index (χ3v) is 2.47. The zero-order valence-corrected chi connectivity index (χ0v) is 7.12. The normalized spacial score (nSPS) is 10.6. The summed E-state index contributed by atoms with van der Waals surface area (Å²) < 4.78 is 1.08. The van der Waals surface area contributed by atoms with Crippen LogP contribution in [0.3, 0.4) is 0 Å². The number of nitrogens with zero attached hydrogens (tertiary/aromatic N) is 1. The average Bonchev–Trinajstić information content (AvgIpc) is 2.27. The second-order valence-corrected chi connectivity index (χ2v) is 3.66. The molecule has 11 heavy (non-hydrogen) atoms. The van der Waals surface area contributed by atoms with Gasteiger partial charge in [-0.2, -0.15) is 0 Å². The van der Waals surface area contributed by atoms with Crippen LogP contribution in [-0.2, 0) is 0 Å². The molecule has 0 saturated heterocycles. The van der Waals surface area contributed by atoms with Crippen molar-refractivity contribution in [3.63, 3.8) is 0 Å². The minimum Gasteiger partial charge on any atom is -0.375 e. The summed E-state index contributed by atoms with van der Waals surface area (Å²) in [5.41, 5.74) is 6.38. The Labute approximate surface area is 72.6 Å². The Morgan fingerprint density at radius 2 is 2.27 bits per heavy atom. The van der Waals surface area contributed by atoms with Gasteiger partial charge in [-0.3, -0.25) is 0 Å². The maximum atomic E-state index is 5.75. The largest absolute Gasteiger partial charge is 0.375 e. The Hall–Kier alpha value is -0.800. The van der Waals surface area contributed by atoms with Crippen LogP contribution in [-0.4, -0.2) is 4.98 Å². The number of thiazole rings is 1. The van der Waals surface area contributed by atoms with Crippen LogP contribution in [0.4, 0.5) is 5.13 Å². The van der Waals surface area contributed by atoms with E-state index in [0.29, 0.717) is 10.2 Å². The molecule has 1 aromatic carbocycles. The van der Waals surface area contributed by atoms with Gasteiger partial charge in [0.2, 0.25) is 0 Å². The van der Waals surface area contributed by atoms with Crippen LogP contribution >= 0.6 is 22.9 Å². The maximum absolute atomic E-state index is 5.75. The summed E-state index contributed by atoms with van der Waals surface area (Å²) in [6, 6.07) is 5.57. The number of anilines is 1. The van der Waals surface area contributed by atoms with Gasteiger partial charge in [-0.1, -0.05) is 22.9 Å². The van der Waals surface area contributed by atoms with Crippen LogP contribution < -0.4 is 5.73 Å². The van der Waals surface area contributed by atoms with Crippen LogP contribution in [0.15, 0.2) is 18.2 Å². The van der Waals surface area contributed by atoms with E-state index in [1.165, 1.54) is 11.3 Å². The molecule has 0 saturated carbocycles. The molecule has 0 aliphatic rings. The predicted molar refractivity (Wildman–Crippen MR) is 49.0 cm³/mol. The number of nitrogen functional groups attached to an aromatic ring is 1. The highest BCUT2D eigenvalue weighted by molar-refractivity contribution is 7.22. The molecule has 2 N–H and O–H groups in total. The van der Waals surface area contributed by atoms with E-state index >= 15 is 0 Å². The van der Waals surface area contributed by atoms with Crippen molar-refractivity contribution >= 4 is 38.3 Å². The van der Waals surface area contributed by atoms with Crippen LogP contribution in [0.1, 0.15) is 0 Å². The first kappa shape index (κ1) is 6.88. The van der Waals surface area contributed by atoms with Gasteiger partial charge in [0.15, 0.2) is 5.13 Å². The predicted octanol–water partition coefficient (Wildman–Crippen LogP) is 2.53. The van der Waals surface area contributed by atoms with Crippen LogP contribution in [0.25, 0.3) is 10.2 Å². The molecule has 0 spiro atoms. The number of nitrogens with two attached hydrogens (primary N) is 1. The number of fused-ring (bicyclic) bond motifs is 1. The molecular weight excluding hydrogens is 180 g/mol. The maximum Gasteiger partial charge on any atom is 0.181 e. The van der Waals surface area contributed by atoms with Crippen LogP contribution in [0, 0.1) is 0 Å². The number of halogens is 1. The fourth-order valence-electron chi connectivity index (χ4n) is 0.918. The van der Waals surface area contributed by atoms with E-state index in [-0.39, 0.29) is 0 Å². The van der Waals surface area contributed by atoms with Gasteiger partial charge in [-0.25, -0.2) is 4.98 Å². The minimum absolute atomic E-state index is 0.585. The number of hydrogen-bond acceptors (Lipinski definition) is 3. The zero-order valence-electron chi connectivity index (χ0n) is 5.54. The van der Waals surface area contributed by atoms with Crippen molar-refractivity contribution in [2.75, 3.05) is 5.73 Å². The minimum atomic E-state index is 0.585. The smallest absolute Gasteiger partial charge is 0.181 e. The monoisotopic (exact) mass is 184 g/mol. The Morgan fingerprint density at radius 3 is 3.09 bits per heavy atom. The second-order valence-electron chi connectivity index (χ2n) is 2.16. The molecule has 0 radical (unpaired) electrons. The Morgan fingerprint density at radius 1 is 1.45 bits per heavy atom. The third-order valence-electron chi connectivity index (χ3n) is 1.37. The summed E-state index contributed by atoms with van der Waals surface area (Å²) in [4.78, 5) is 4.09. The second kappa shape index (κ2) is 2.36. The van der Waals surface area contributed by atoms with Gasteiger partial charge in [0.05, 0.1) is 10.2 Å². The lowest BCUT2D eigenvalue weighted by molar-refractivity contribution is 1.50. The lowest BCUT2D eigenvalue weighted by Crippen LogP contribution is -1.78. The van der Waals surface area contributed by atoms with Gasteiger partial charge in [0.1, 0.15) is 0 Å². The molecule has 2 nitrogen and oxygen atoms in total. The molecule has 4 heteroatoms.